The Bertz CT molecular complexity index is 167. The monoisotopic (exact) mass is 192 g/mol. The maximum atomic E-state index is 5.25. The Labute approximate surface area is 82.3 Å². The minimum atomic E-state index is 0. The van der Waals surface area contributed by atoms with Gasteiger partial charge < -0.3 is 37.1 Å². The first-order valence-corrected chi connectivity index (χ1v) is 2.18. The van der Waals surface area contributed by atoms with Crippen molar-refractivity contribution in [3.63, 3.8) is 0 Å². The van der Waals surface area contributed by atoms with E-state index in [1.165, 1.54) is 0 Å². The van der Waals surface area contributed by atoms with Crippen LogP contribution in [-0.2, 0) is 32.7 Å². The van der Waals surface area contributed by atoms with Crippen molar-refractivity contribution in [2.45, 2.75) is 6.92 Å². The molecule has 0 aliphatic heterocycles. The van der Waals surface area contributed by atoms with E-state index in [1.807, 2.05) is 0 Å². The van der Waals surface area contributed by atoms with Gasteiger partial charge in [0, 0.05) is 32.7 Å². The van der Waals surface area contributed by atoms with Gasteiger partial charge in [-0.25, -0.2) is 5.92 Å². The molecule has 0 saturated heterocycles. The molecule has 0 nitrogen and oxygen atoms in total. The van der Waals surface area contributed by atoms with Crippen LogP contribution in [0.25, 0.3) is 0 Å². The summed E-state index contributed by atoms with van der Waals surface area (Å²) in [5, 5.41) is 0. The van der Waals surface area contributed by atoms with Crippen LogP contribution in [0.2, 0.25) is 0 Å². The van der Waals surface area contributed by atoms with Crippen LogP contribution >= 0.6 is 0 Å². The SMILES string of the molecule is [CH-]=C([CH2-])C(=[CH-])C#CC.[Y]. The van der Waals surface area contributed by atoms with Crippen LogP contribution < -0.4 is 0 Å². The van der Waals surface area contributed by atoms with Gasteiger partial charge in [0.05, 0.1) is 0 Å². The van der Waals surface area contributed by atoms with Gasteiger partial charge in [-0.3, -0.25) is 0 Å². The summed E-state index contributed by atoms with van der Waals surface area (Å²) in [6, 6.07) is 0. The van der Waals surface area contributed by atoms with Crippen LogP contribution in [0.1, 0.15) is 6.92 Å². The molecule has 0 amide bonds. The Morgan fingerprint density at radius 1 is 1.44 bits per heavy atom. The quantitative estimate of drug-likeness (QED) is 0.336. The van der Waals surface area contributed by atoms with E-state index >= 15 is 0 Å². The largest absolute Gasteiger partial charge is 0.481 e. The Balaban J connectivity index is 0. The normalized spacial score (nSPS) is 5.89. The first-order valence-electron chi connectivity index (χ1n) is 2.18. The summed E-state index contributed by atoms with van der Waals surface area (Å²) >= 11 is 0. The Hall–Kier alpha value is 0.0139. The van der Waals surface area contributed by atoms with Crippen molar-refractivity contribution in [3.05, 3.63) is 31.2 Å². The zero-order valence-corrected chi connectivity index (χ0v) is 8.28. The molecular formula is C8H7Y-3. The summed E-state index contributed by atoms with van der Waals surface area (Å²) in [6.07, 6.45) is 0. The van der Waals surface area contributed by atoms with Crippen LogP contribution in [0, 0.1) is 31.9 Å². The minimum absolute atomic E-state index is 0. The molecule has 1 radical (unpaired) electrons. The van der Waals surface area contributed by atoms with Gasteiger partial charge in [0.15, 0.2) is 0 Å². The molecule has 0 unspecified atom stereocenters. The van der Waals surface area contributed by atoms with Gasteiger partial charge in [0.1, 0.15) is 0 Å². The van der Waals surface area contributed by atoms with Gasteiger partial charge >= 0.3 is 0 Å². The average Bonchev–Trinajstić information content (AvgIpc) is 1.67. The fourth-order valence-corrected chi connectivity index (χ4v) is 0.215. The van der Waals surface area contributed by atoms with Crippen LogP contribution in [-0.4, -0.2) is 0 Å². The van der Waals surface area contributed by atoms with Gasteiger partial charge in [-0.1, -0.05) is 0 Å². The Morgan fingerprint density at radius 3 is 2.00 bits per heavy atom. The maximum Gasteiger partial charge on any atom is 0 e. The number of hydrogen-bond acceptors (Lipinski definition) is 0. The van der Waals surface area contributed by atoms with Crippen molar-refractivity contribution in [1.82, 2.24) is 0 Å². The van der Waals surface area contributed by atoms with Gasteiger partial charge in [-0.05, 0) is 6.92 Å². The van der Waals surface area contributed by atoms with Crippen LogP contribution in [0.15, 0.2) is 11.1 Å². The zero-order chi connectivity index (χ0) is 6.57. The average molecular weight is 192 g/mol. The molecule has 9 heavy (non-hydrogen) atoms. The summed E-state index contributed by atoms with van der Waals surface area (Å²) in [5.74, 6) is 5.16. The predicted octanol–water partition coefficient (Wildman–Crippen LogP) is 1.56. The van der Waals surface area contributed by atoms with E-state index in [2.05, 4.69) is 18.8 Å². The molecule has 0 atom stereocenters. The topological polar surface area (TPSA) is 0 Å². The molecule has 0 aliphatic rings. The molecule has 0 fully saturated rings. The van der Waals surface area contributed by atoms with E-state index in [4.69, 9.17) is 13.2 Å². The Morgan fingerprint density at radius 2 is 1.89 bits per heavy atom. The predicted molar refractivity (Wildman–Crippen MR) is 34.4 cm³/mol. The van der Waals surface area contributed by atoms with E-state index in [0.717, 1.165) is 0 Å². The smallest absolute Gasteiger partial charge is 0 e. The number of hydrogen-bond donors (Lipinski definition) is 0. The summed E-state index contributed by atoms with van der Waals surface area (Å²) in [4.78, 5) is 0. The van der Waals surface area contributed by atoms with Gasteiger partial charge in [0.25, 0.3) is 0 Å². The van der Waals surface area contributed by atoms with Crippen molar-refractivity contribution in [1.29, 1.82) is 0 Å². The summed E-state index contributed by atoms with van der Waals surface area (Å²) in [6.45, 7) is 15.5. The fourth-order valence-electron chi connectivity index (χ4n) is 0.215. The van der Waals surface area contributed by atoms with Crippen LogP contribution in [0.4, 0.5) is 0 Å². The third-order valence-corrected chi connectivity index (χ3v) is 0.606. The minimum Gasteiger partial charge on any atom is -0.481 e. The molecular weight excluding hydrogens is 185 g/mol. The Kier molecular flexibility index (Phi) is 8.03. The second-order valence-electron chi connectivity index (χ2n) is 1.31. The van der Waals surface area contributed by atoms with Crippen molar-refractivity contribution < 1.29 is 32.7 Å². The van der Waals surface area contributed by atoms with Crippen molar-refractivity contribution in [2.75, 3.05) is 0 Å². The van der Waals surface area contributed by atoms with Gasteiger partial charge in [-0.2, -0.15) is 0 Å². The van der Waals surface area contributed by atoms with Gasteiger partial charge in [0.2, 0.25) is 0 Å². The molecule has 0 spiro atoms. The first kappa shape index (κ1) is 11.8. The standard InChI is InChI=1S/C8H7.Y/c1-5-6-8(4)7(2)3;/h2,4H,3H2,1H3;/q-3;. The number of rotatable bonds is 1. The molecule has 0 bridgehead atoms. The molecule has 0 aliphatic carbocycles. The van der Waals surface area contributed by atoms with Crippen LogP contribution in [0.3, 0.4) is 0 Å². The molecule has 0 aromatic heterocycles. The maximum absolute atomic E-state index is 5.25. The summed E-state index contributed by atoms with van der Waals surface area (Å²) in [7, 11) is 0. The molecule has 45 valence electrons. The third-order valence-electron chi connectivity index (χ3n) is 0.606. The second kappa shape index (κ2) is 6.14. The van der Waals surface area contributed by atoms with E-state index < -0.39 is 0 Å². The fraction of sp³-hybridized carbons (Fsp3) is 0.125. The van der Waals surface area contributed by atoms with E-state index in [-0.39, 0.29) is 32.7 Å². The summed E-state index contributed by atoms with van der Waals surface area (Å²) in [5.41, 5.74) is 0.687. The molecule has 0 aromatic carbocycles. The molecule has 0 N–H and O–H groups in total. The van der Waals surface area contributed by atoms with Crippen LogP contribution in [0.5, 0.6) is 0 Å². The third kappa shape index (κ3) is 5.89. The second-order valence-corrected chi connectivity index (χ2v) is 1.31. The zero-order valence-electron chi connectivity index (χ0n) is 5.44. The molecule has 0 rings (SSSR count). The molecule has 0 heterocycles. The van der Waals surface area contributed by atoms with Crippen molar-refractivity contribution >= 4 is 0 Å². The summed E-state index contributed by atoms with van der Waals surface area (Å²) < 4.78 is 0. The molecule has 0 aromatic rings. The van der Waals surface area contributed by atoms with E-state index in [9.17, 15) is 0 Å². The molecule has 0 saturated carbocycles. The first-order chi connectivity index (χ1) is 3.68. The van der Waals surface area contributed by atoms with E-state index in [0.29, 0.717) is 11.1 Å². The van der Waals surface area contributed by atoms with Gasteiger partial charge in [-0.15, -0.1) is 0 Å². The number of allylic oxidation sites excluding steroid dienone is 2. The van der Waals surface area contributed by atoms with Crippen molar-refractivity contribution in [2.24, 2.45) is 0 Å². The molecule has 1 heteroatoms. The van der Waals surface area contributed by atoms with E-state index in [1.54, 1.807) is 6.92 Å². The van der Waals surface area contributed by atoms with Crippen molar-refractivity contribution in [3.8, 4) is 11.8 Å².